The zero-order chi connectivity index (χ0) is 14.5. The van der Waals surface area contributed by atoms with E-state index in [9.17, 15) is 0 Å². The first-order valence-corrected chi connectivity index (χ1v) is 7.09. The van der Waals surface area contributed by atoms with Crippen LogP contribution in [0.1, 0.15) is 24.1 Å². The Morgan fingerprint density at radius 3 is 2.70 bits per heavy atom. The third-order valence-electron chi connectivity index (χ3n) is 3.03. The van der Waals surface area contributed by atoms with E-state index in [2.05, 4.69) is 10.3 Å². The Morgan fingerprint density at radius 2 is 2.05 bits per heavy atom. The highest BCUT2D eigenvalue weighted by molar-refractivity contribution is 6.31. The highest BCUT2D eigenvalue weighted by atomic mass is 35.5. The van der Waals surface area contributed by atoms with Gasteiger partial charge in [0.25, 0.3) is 0 Å². The molecule has 1 atom stereocenters. The molecule has 2 rings (SSSR count). The normalized spacial score (nSPS) is 12.2. The van der Waals surface area contributed by atoms with Gasteiger partial charge in [0, 0.05) is 23.0 Å². The van der Waals surface area contributed by atoms with E-state index in [4.69, 9.17) is 27.9 Å². The van der Waals surface area contributed by atoms with Gasteiger partial charge < -0.3 is 10.1 Å². The van der Waals surface area contributed by atoms with Crippen molar-refractivity contribution in [3.63, 3.8) is 0 Å². The topological polar surface area (TPSA) is 34.2 Å². The van der Waals surface area contributed by atoms with Gasteiger partial charge in [-0.25, -0.2) is 0 Å². The third kappa shape index (κ3) is 3.23. The number of aromatic nitrogens is 1. The molecule has 1 unspecified atom stereocenters. The molecule has 0 aliphatic rings. The molecule has 0 fully saturated rings. The molecule has 2 aromatic rings. The van der Waals surface area contributed by atoms with E-state index < -0.39 is 0 Å². The summed E-state index contributed by atoms with van der Waals surface area (Å²) in [5, 5.41) is 4.68. The monoisotopic (exact) mass is 310 g/mol. The molecule has 0 aliphatic carbocycles. The Balaban J connectivity index is 2.54. The molecule has 0 spiro atoms. The maximum Gasteiger partial charge on any atom is 0.124 e. The van der Waals surface area contributed by atoms with E-state index >= 15 is 0 Å². The molecule has 106 valence electrons. The van der Waals surface area contributed by atoms with Crippen LogP contribution in [-0.4, -0.2) is 18.6 Å². The van der Waals surface area contributed by atoms with Crippen LogP contribution in [0.4, 0.5) is 0 Å². The van der Waals surface area contributed by atoms with Crippen LogP contribution in [-0.2, 0) is 0 Å². The maximum atomic E-state index is 6.26. The van der Waals surface area contributed by atoms with E-state index in [0.717, 1.165) is 23.4 Å². The van der Waals surface area contributed by atoms with E-state index in [0.29, 0.717) is 10.0 Å². The fourth-order valence-corrected chi connectivity index (χ4v) is 2.55. The molecule has 0 saturated heterocycles. The zero-order valence-electron chi connectivity index (χ0n) is 11.4. The van der Waals surface area contributed by atoms with Crippen molar-refractivity contribution in [2.24, 2.45) is 0 Å². The van der Waals surface area contributed by atoms with Gasteiger partial charge in [0.15, 0.2) is 0 Å². The van der Waals surface area contributed by atoms with Gasteiger partial charge in [-0.2, -0.15) is 0 Å². The van der Waals surface area contributed by atoms with Crippen LogP contribution in [0, 0.1) is 0 Å². The molecule has 5 heteroatoms. The summed E-state index contributed by atoms with van der Waals surface area (Å²) in [5.74, 6) is 0.772. The van der Waals surface area contributed by atoms with Crippen molar-refractivity contribution in [3.05, 3.63) is 57.8 Å². The van der Waals surface area contributed by atoms with Crippen LogP contribution < -0.4 is 10.1 Å². The van der Waals surface area contributed by atoms with Crippen molar-refractivity contribution >= 4 is 23.2 Å². The van der Waals surface area contributed by atoms with Crippen molar-refractivity contribution in [2.75, 3.05) is 13.7 Å². The summed E-state index contributed by atoms with van der Waals surface area (Å²) in [7, 11) is 1.64. The Morgan fingerprint density at radius 1 is 1.25 bits per heavy atom. The van der Waals surface area contributed by atoms with Crippen molar-refractivity contribution < 1.29 is 4.74 Å². The summed E-state index contributed by atoms with van der Waals surface area (Å²) in [5.41, 5.74) is 1.90. The van der Waals surface area contributed by atoms with E-state index in [1.807, 2.05) is 25.1 Å². The van der Waals surface area contributed by atoms with Crippen molar-refractivity contribution in [1.82, 2.24) is 10.3 Å². The number of nitrogens with one attached hydrogen (secondary N) is 1. The number of hydrogen-bond donors (Lipinski definition) is 1. The molecule has 1 aromatic heterocycles. The molecule has 3 nitrogen and oxygen atoms in total. The number of benzene rings is 1. The zero-order valence-corrected chi connectivity index (χ0v) is 12.9. The quantitative estimate of drug-likeness (QED) is 0.903. The second-order valence-corrected chi connectivity index (χ2v) is 5.12. The predicted octanol–water partition coefficient (Wildman–Crippen LogP) is 4.10. The van der Waals surface area contributed by atoms with Gasteiger partial charge >= 0.3 is 0 Å². The van der Waals surface area contributed by atoms with Crippen LogP contribution >= 0.6 is 23.2 Å². The average Bonchev–Trinajstić information content (AvgIpc) is 2.46. The summed E-state index contributed by atoms with van der Waals surface area (Å²) in [4.78, 5) is 4.02. The second-order valence-electron chi connectivity index (χ2n) is 4.27. The number of ether oxygens (including phenoxy) is 1. The molecule has 1 aromatic carbocycles. The van der Waals surface area contributed by atoms with Crippen molar-refractivity contribution in [1.29, 1.82) is 0 Å². The number of nitrogens with zero attached hydrogens (tertiary/aromatic N) is 1. The summed E-state index contributed by atoms with van der Waals surface area (Å²) < 4.78 is 5.43. The number of rotatable bonds is 5. The largest absolute Gasteiger partial charge is 0.496 e. The van der Waals surface area contributed by atoms with Crippen LogP contribution in [0.5, 0.6) is 5.75 Å². The van der Waals surface area contributed by atoms with Gasteiger partial charge in [-0.05, 0) is 36.4 Å². The molecule has 0 saturated carbocycles. The highest BCUT2D eigenvalue weighted by Gasteiger charge is 2.20. The molecule has 0 aliphatic heterocycles. The first-order valence-electron chi connectivity index (χ1n) is 6.33. The second kappa shape index (κ2) is 6.93. The first-order chi connectivity index (χ1) is 9.67. The lowest BCUT2D eigenvalue weighted by Crippen LogP contribution is -2.23. The first kappa shape index (κ1) is 15.1. The minimum atomic E-state index is -0.0934. The minimum Gasteiger partial charge on any atom is -0.496 e. The van der Waals surface area contributed by atoms with Gasteiger partial charge in [-0.15, -0.1) is 0 Å². The molecule has 1 heterocycles. The van der Waals surface area contributed by atoms with E-state index in [1.54, 1.807) is 25.6 Å². The van der Waals surface area contributed by atoms with Gasteiger partial charge in [0.2, 0.25) is 0 Å². The van der Waals surface area contributed by atoms with E-state index in [1.165, 1.54) is 0 Å². The number of methoxy groups -OCH3 is 1. The van der Waals surface area contributed by atoms with Crippen LogP contribution in [0.2, 0.25) is 10.0 Å². The van der Waals surface area contributed by atoms with Gasteiger partial charge in [-0.1, -0.05) is 30.1 Å². The summed E-state index contributed by atoms with van der Waals surface area (Å²) in [6.07, 6.45) is 3.36. The lowest BCUT2D eigenvalue weighted by atomic mass is 9.98. The van der Waals surface area contributed by atoms with Gasteiger partial charge in [0.1, 0.15) is 5.75 Å². The molecule has 0 amide bonds. The standard InChI is InChI=1S/C15H16Cl2N2O/c1-3-19-15(11-6-7-18-9-13(11)17)12-8-10(16)4-5-14(12)20-2/h4-9,15,19H,3H2,1-2H3. The Kier molecular flexibility index (Phi) is 5.24. The molecule has 0 bridgehead atoms. The van der Waals surface area contributed by atoms with Crippen LogP contribution in [0.25, 0.3) is 0 Å². The van der Waals surface area contributed by atoms with Gasteiger partial charge in [0.05, 0.1) is 18.2 Å². The molecular formula is C15H16Cl2N2O. The predicted molar refractivity (Wildman–Crippen MR) is 82.8 cm³/mol. The number of pyridine rings is 1. The lowest BCUT2D eigenvalue weighted by Gasteiger charge is -2.22. The number of halogens is 2. The van der Waals surface area contributed by atoms with E-state index in [-0.39, 0.29) is 6.04 Å². The highest BCUT2D eigenvalue weighted by Crippen LogP contribution is 2.34. The average molecular weight is 311 g/mol. The Bertz CT molecular complexity index is 590. The lowest BCUT2D eigenvalue weighted by molar-refractivity contribution is 0.404. The third-order valence-corrected chi connectivity index (χ3v) is 3.58. The van der Waals surface area contributed by atoms with Crippen LogP contribution in [0.3, 0.4) is 0 Å². The summed E-state index contributed by atoms with van der Waals surface area (Å²) in [6, 6.07) is 7.36. The summed E-state index contributed by atoms with van der Waals surface area (Å²) >= 11 is 12.4. The van der Waals surface area contributed by atoms with Crippen molar-refractivity contribution in [3.8, 4) is 5.75 Å². The van der Waals surface area contributed by atoms with Crippen LogP contribution in [0.15, 0.2) is 36.7 Å². The smallest absolute Gasteiger partial charge is 0.124 e. The molecular weight excluding hydrogens is 295 g/mol. The minimum absolute atomic E-state index is 0.0934. The summed E-state index contributed by atoms with van der Waals surface area (Å²) in [6.45, 7) is 2.83. The SMILES string of the molecule is CCNC(c1ccncc1Cl)c1cc(Cl)ccc1OC. The fourth-order valence-electron chi connectivity index (χ4n) is 2.14. The Hall–Kier alpha value is -1.29. The maximum absolute atomic E-state index is 6.26. The Labute approximate surface area is 128 Å². The molecule has 0 radical (unpaired) electrons. The fraction of sp³-hybridized carbons (Fsp3) is 0.267. The van der Waals surface area contributed by atoms with Gasteiger partial charge in [-0.3, -0.25) is 4.98 Å². The molecule has 1 N–H and O–H groups in total. The van der Waals surface area contributed by atoms with Crippen molar-refractivity contribution in [2.45, 2.75) is 13.0 Å². The molecule has 20 heavy (non-hydrogen) atoms. The number of hydrogen-bond acceptors (Lipinski definition) is 3.